The number of aromatic nitrogens is 3. The average molecular weight is 320 g/mol. The fourth-order valence-electron chi connectivity index (χ4n) is 1.98. The number of nitrogens with zero attached hydrogens (tertiary/aromatic N) is 3. The van der Waals surface area contributed by atoms with Gasteiger partial charge < -0.3 is 10.5 Å². The van der Waals surface area contributed by atoms with E-state index in [1.807, 2.05) is 28.8 Å². The molecule has 0 aliphatic heterocycles. The SMILES string of the molecule is COc1ccc(-c2nnc(S[C@@H](C)C(N)=O)n2C(C)C)cc1. The zero-order valence-corrected chi connectivity index (χ0v) is 13.9. The van der Waals surface area contributed by atoms with Crippen LogP contribution >= 0.6 is 11.8 Å². The number of rotatable bonds is 6. The van der Waals surface area contributed by atoms with Crippen molar-refractivity contribution in [2.45, 2.75) is 37.2 Å². The van der Waals surface area contributed by atoms with E-state index in [1.54, 1.807) is 14.0 Å². The third kappa shape index (κ3) is 3.41. The third-order valence-electron chi connectivity index (χ3n) is 3.21. The van der Waals surface area contributed by atoms with Crippen LogP contribution in [-0.2, 0) is 4.79 Å². The van der Waals surface area contributed by atoms with E-state index in [0.717, 1.165) is 17.1 Å². The quantitative estimate of drug-likeness (QED) is 0.827. The summed E-state index contributed by atoms with van der Waals surface area (Å²) in [4.78, 5) is 11.3. The molecule has 0 saturated heterocycles. The van der Waals surface area contributed by atoms with Crippen molar-refractivity contribution in [3.8, 4) is 17.1 Å². The molecule has 0 spiro atoms. The fourth-order valence-corrected chi connectivity index (χ4v) is 2.91. The molecule has 2 N–H and O–H groups in total. The molecule has 22 heavy (non-hydrogen) atoms. The fraction of sp³-hybridized carbons (Fsp3) is 0.400. The van der Waals surface area contributed by atoms with Crippen LogP contribution in [0.1, 0.15) is 26.8 Å². The average Bonchev–Trinajstić information content (AvgIpc) is 2.91. The predicted molar refractivity (Wildman–Crippen MR) is 86.9 cm³/mol. The van der Waals surface area contributed by atoms with Gasteiger partial charge in [-0.25, -0.2) is 0 Å². The van der Waals surface area contributed by atoms with E-state index in [0.29, 0.717) is 5.16 Å². The molecule has 1 amide bonds. The van der Waals surface area contributed by atoms with Crippen LogP contribution < -0.4 is 10.5 Å². The van der Waals surface area contributed by atoms with Gasteiger partial charge in [-0.15, -0.1) is 10.2 Å². The molecule has 118 valence electrons. The van der Waals surface area contributed by atoms with Gasteiger partial charge in [0.2, 0.25) is 5.91 Å². The van der Waals surface area contributed by atoms with Crippen molar-refractivity contribution in [3.63, 3.8) is 0 Å². The number of methoxy groups -OCH3 is 1. The minimum absolute atomic E-state index is 0.162. The third-order valence-corrected chi connectivity index (χ3v) is 4.29. The zero-order valence-electron chi connectivity index (χ0n) is 13.1. The number of benzene rings is 1. The molecule has 0 radical (unpaired) electrons. The predicted octanol–water partition coefficient (Wildman–Crippen LogP) is 2.50. The molecule has 0 bridgehead atoms. The van der Waals surface area contributed by atoms with Crippen molar-refractivity contribution < 1.29 is 9.53 Å². The van der Waals surface area contributed by atoms with Crippen LogP contribution in [0.3, 0.4) is 0 Å². The second-order valence-electron chi connectivity index (χ2n) is 5.16. The number of amides is 1. The van der Waals surface area contributed by atoms with Crippen LogP contribution in [0.5, 0.6) is 5.75 Å². The summed E-state index contributed by atoms with van der Waals surface area (Å²) in [7, 11) is 1.63. The van der Waals surface area contributed by atoms with E-state index in [2.05, 4.69) is 24.0 Å². The lowest BCUT2D eigenvalue weighted by molar-refractivity contribution is -0.117. The summed E-state index contributed by atoms with van der Waals surface area (Å²) in [6.45, 7) is 5.87. The van der Waals surface area contributed by atoms with Crippen molar-refractivity contribution in [2.75, 3.05) is 7.11 Å². The summed E-state index contributed by atoms with van der Waals surface area (Å²) in [6, 6.07) is 7.80. The molecular weight excluding hydrogens is 300 g/mol. The number of carbonyl (C=O) groups is 1. The second-order valence-corrected chi connectivity index (χ2v) is 6.47. The monoisotopic (exact) mass is 320 g/mol. The van der Waals surface area contributed by atoms with Crippen LogP contribution in [0.15, 0.2) is 29.4 Å². The molecule has 1 heterocycles. The van der Waals surface area contributed by atoms with Crippen LogP contribution in [0.25, 0.3) is 11.4 Å². The molecule has 6 nitrogen and oxygen atoms in total. The van der Waals surface area contributed by atoms with E-state index in [4.69, 9.17) is 10.5 Å². The van der Waals surface area contributed by atoms with Crippen LogP contribution in [0.4, 0.5) is 0 Å². The maximum atomic E-state index is 11.3. The van der Waals surface area contributed by atoms with Crippen LogP contribution in [0, 0.1) is 0 Å². The molecule has 2 rings (SSSR count). The van der Waals surface area contributed by atoms with Crippen molar-refractivity contribution >= 4 is 17.7 Å². The highest BCUT2D eigenvalue weighted by Gasteiger charge is 2.20. The van der Waals surface area contributed by atoms with E-state index in [-0.39, 0.29) is 17.2 Å². The highest BCUT2D eigenvalue weighted by molar-refractivity contribution is 8.00. The van der Waals surface area contributed by atoms with Crippen LogP contribution in [0.2, 0.25) is 0 Å². The molecule has 7 heteroatoms. The maximum absolute atomic E-state index is 11.3. The van der Waals surface area contributed by atoms with E-state index in [1.165, 1.54) is 11.8 Å². The summed E-state index contributed by atoms with van der Waals surface area (Å²) in [6.07, 6.45) is 0. The van der Waals surface area contributed by atoms with Gasteiger partial charge in [0, 0.05) is 11.6 Å². The van der Waals surface area contributed by atoms with Gasteiger partial charge in [0.15, 0.2) is 11.0 Å². The molecule has 2 aromatic rings. The molecule has 0 saturated carbocycles. The number of hydrogen-bond acceptors (Lipinski definition) is 5. The minimum atomic E-state index is -0.366. The Bertz CT molecular complexity index is 652. The molecule has 0 unspecified atom stereocenters. The summed E-state index contributed by atoms with van der Waals surface area (Å²) in [5.74, 6) is 1.18. The van der Waals surface area contributed by atoms with Gasteiger partial charge in [-0.1, -0.05) is 11.8 Å². The van der Waals surface area contributed by atoms with Crippen molar-refractivity contribution in [1.29, 1.82) is 0 Å². The number of carbonyl (C=O) groups excluding carboxylic acids is 1. The molecule has 1 aromatic heterocycles. The van der Waals surface area contributed by atoms with E-state index >= 15 is 0 Å². The molecular formula is C15H20N4O2S. The summed E-state index contributed by atoms with van der Waals surface area (Å²) in [5.41, 5.74) is 6.27. The number of nitrogens with two attached hydrogens (primary N) is 1. The van der Waals surface area contributed by atoms with Gasteiger partial charge in [-0.05, 0) is 45.0 Å². The lowest BCUT2D eigenvalue weighted by atomic mass is 10.2. The van der Waals surface area contributed by atoms with Crippen molar-refractivity contribution in [1.82, 2.24) is 14.8 Å². The molecule has 1 aromatic carbocycles. The zero-order chi connectivity index (χ0) is 16.3. The number of hydrogen-bond donors (Lipinski definition) is 1. The summed E-state index contributed by atoms with van der Waals surface area (Å²) < 4.78 is 7.17. The standard InChI is InChI=1S/C15H20N4O2S/c1-9(2)19-14(11-5-7-12(21-4)8-6-11)17-18-15(19)22-10(3)13(16)20/h5-10H,1-4H3,(H2,16,20)/t10-/m0/s1. The van der Waals surface area contributed by atoms with E-state index in [9.17, 15) is 4.79 Å². The van der Waals surface area contributed by atoms with Gasteiger partial charge >= 0.3 is 0 Å². The van der Waals surface area contributed by atoms with Gasteiger partial charge in [0.1, 0.15) is 5.75 Å². The van der Waals surface area contributed by atoms with Gasteiger partial charge in [-0.2, -0.15) is 0 Å². The first kappa shape index (κ1) is 16.4. The Morgan fingerprint density at radius 3 is 2.36 bits per heavy atom. The Morgan fingerprint density at radius 2 is 1.86 bits per heavy atom. The highest BCUT2D eigenvalue weighted by atomic mass is 32.2. The number of primary amides is 1. The number of ether oxygens (including phenoxy) is 1. The smallest absolute Gasteiger partial charge is 0.230 e. The Balaban J connectivity index is 2.39. The maximum Gasteiger partial charge on any atom is 0.230 e. The lowest BCUT2D eigenvalue weighted by Crippen LogP contribution is -2.23. The highest BCUT2D eigenvalue weighted by Crippen LogP contribution is 2.30. The Labute approximate surface area is 134 Å². The second kappa shape index (κ2) is 6.83. The minimum Gasteiger partial charge on any atom is -0.497 e. The van der Waals surface area contributed by atoms with Crippen molar-refractivity contribution in [2.24, 2.45) is 5.73 Å². The molecule has 0 aliphatic rings. The first-order valence-corrected chi connectivity index (χ1v) is 7.87. The Kier molecular flexibility index (Phi) is 5.07. The lowest BCUT2D eigenvalue weighted by Gasteiger charge is -2.15. The van der Waals surface area contributed by atoms with Crippen LogP contribution in [-0.4, -0.2) is 33.0 Å². The summed E-state index contributed by atoms with van der Waals surface area (Å²) in [5, 5.41) is 8.82. The Morgan fingerprint density at radius 1 is 1.23 bits per heavy atom. The topological polar surface area (TPSA) is 83.0 Å². The first-order valence-electron chi connectivity index (χ1n) is 6.99. The van der Waals surface area contributed by atoms with Crippen molar-refractivity contribution in [3.05, 3.63) is 24.3 Å². The Hall–Kier alpha value is -2.02. The van der Waals surface area contributed by atoms with E-state index < -0.39 is 0 Å². The molecule has 0 fully saturated rings. The number of thioether (sulfide) groups is 1. The molecule has 0 aliphatic carbocycles. The normalized spacial score (nSPS) is 12.4. The summed E-state index contributed by atoms with van der Waals surface area (Å²) >= 11 is 1.32. The largest absolute Gasteiger partial charge is 0.497 e. The molecule has 1 atom stereocenters. The van der Waals surface area contributed by atoms with Gasteiger partial charge in [-0.3, -0.25) is 9.36 Å². The van der Waals surface area contributed by atoms with Gasteiger partial charge in [0.25, 0.3) is 0 Å². The first-order chi connectivity index (χ1) is 10.4. The van der Waals surface area contributed by atoms with Gasteiger partial charge in [0.05, 0.1) is 12.4 Å².